The summed E-state index contributed by atoms with van der Waals surface area (Å²) in [6, 6.07) is 13.0. The number of hydrogen-bond donors (Lipinski definition) is 2. The van der Waals surface area contributed by atoms with E-state index in [9.17, 15) is 14.9 Å². The van der Waals surface area contributed by atoms with Crippen LogP contribution in [0.4, 0.5) is 16.2 Å². The van der Waals surface area contributed by atoms with Gasteiger partial charge in [-0.3, -0.25) is 10.1 Å². The molecule has 0 aliphatic carbocycles. The van der Waals surface area contributed by atoms with Crippen LogP contribution < -0.4 is 5.32 Å². The van der Waals surface area contributed by atoms with Crippen LogP contribution in [0.15, 0.2) is 48.5 Å². The van der Waals surface area contributed by atoms with Crippen molar-refractivity contribution in [2.45, 2.75) is 6.54 Å². The topological polar surface area (TPSA) is 104 Å². The lowest BCUT2D eigenvalue weighted by molar-refractivity contribution is -0.384. The highest BCUT2D eigenvalue weighted by Gasteiger charge is 2.13. The number of nitrogens with one attached hydrogen (secondary N) is 2. The number of anilines is 1. The zero-order valence-corrected chi connectivity index (χ0v) is 12.9. The Hall–Kier alpha value is -3.42. The van der Waals surface area contributed by atoms with Crippen LogP contribution in [0.3, 0.4) is 0 Å². The molecule has 2 amide bonds. The average Bonchev–Trinajstić information content (AvgIpc) is 2.97. The lowest BCUT2D eigenvalue weighted by Crippen LogP contribution is -2.31. The van der Waals surface area contributed by atoms with Gasteiger partial charge in [0.1, 0.15) is 5.82 Å². The van der Waals surface area contributed by atoms with E-state index < -0.39 is 4.92 Å². The summed E-state index contributed by atoms with van der Waals surface area (Å²) in [6.45, 7) is 0.287. The summed E-state index contributed by atoms with van der Waals surface area (Å²) in [5.41, 5.74) is 2.03. The molecule has 24 heavy (non-hydrogen) atoms. The molecule has 3 aromatic rings. The van der Waals surface area contributed by atoms with E-state index in [0.717, 1.165) is 11.0 Å². The molecule has 0 aliphatic heterocycles. The summed E-state index contributed by atoms with van der Waals surface area (Å²) in [7, 11) is 1.62. The molecule has 2 N–H and O–H groups in total. The van der Waals surface area contributed by atoms with E-state index in [0.29, 0.717) is 11.5 Å². The van der Waals surface area contributed by atoms with Crippen molar-refractivity contribution in [2.24, 2.45) is 0 Å². The first-order valence-electron chi connectivity index (χ1n) is 7.23. The number of carbonyl (C=O) groups excluding carboxylic acids is 1. The first-order valence-corrected chi connectivity index (χ1v) is 7.23. The van der Waals surface area contributed by atoms with Gasteiger partial charge in [0.25, 0.3) is 5.69 Å². The van der Waals surface area contributed by atoms with Crippen molar-refractivity contribution < 1.29 is 9.72 Å². The first-order chi connectivity index (χ1) is 11.5. The van der Waals surface area contributed by atoms with Crippen molar-refractivity contribution in [3.63, 3.8) is 0 Å². The Morgan fingerprint density at radius 2 is 2.08 bits per heavy atom. The molecule has 0 unspecified atom stereocenters. The number of nitro groups is 1. The van der Waals surface area contributed by atoms with Gasteiger partial charge in [0, 0.05) is 24.9 Å². The molecule has 2 aromatic carbocycles. The Kier molecular flexibility index (Phi) is 4.11. The third kappa shape index (κ3) is 3.32. The van der Waals surface area contributed by atoms with E-state index in [2.05, 4.69) is 15.3 Å². The van der Waals surface area contributed by atoms with E-state index >= 15 is 0 Å². The van der Waals surface area contributed by atoms with Crippen LogP contribution in [-0.2, 0) is 6.54 Å². The fraction of sp³-hybridized carbons (Fsp3) is 0.125. The number of non-ortho nitro benzene ring substituents is 1. The number of amides is 2. The molecule has 3 rings (SSSR count). The number of imidazole rings is 1. The van der Waals surface area contributed by atoms with Gasteiger partial charge < -0.3 is 15.2 Å². The maximum absolute atomic E-state index is 12.2. The monoisotopic (exact) mass is 325 g/mol. The van der Waals surface area contributed by atoms with Crippen molar-refractivity contribution in [3.8, 4) is 0 Å². The highest BCUT2D eigenvalue weighted by Crippen LogP contribution is 2.17. The van der Waals surface area contributed by atoms with Crippen LogP contribution in [0.1, 0.15) is 5.82 Å². The Balaban J connectivity index is 1.68. The van der Waals surface area contributed by atoms with Gasteiger partial charge in [-0.2, -0.15) is 0 Å². The summed E-state index contributed by atoms with van der Waals surface area (Å²) in [5, 5.41) is 13.4. The van der Waals surface area contributed by atoms with Gasteiger partial charge in [0.2, 0.25) is 0 Å². The molecule has 1 aromatic heterocycles. The standard InChI is InChI=1S/C16H15N5O3/c1-20(10-15-18-13-7-2-3-8-14(13)19-15)16(22)17-11-5-4-6-12(9-11)21(23)24/h2-9H,10H2,1H3,(H,17,22)(H,18,19). The lowest BCUT2D eigenvalue weighted by atomic mass is 10.3. The van der Waals surface area contributed by atoms with Gasteiger partial charge in [-0.15, -0.1) is 0 Å². The number of benzene rings is 2. The molecule has 0 saturated carbocycles. The zero-order valence-electron chi connectivity index (χ0n) is 12.9. The van der Waals surface area contributed by atoms with E-state index in [-0.39, 0.29) is 18.3 Å². The van der Waals surface area contributed by atoms with Crippen molar-refractivity contribution in [1.82, 2.24) is 14.9 Å². The summed E-state index contributed by atoms with van der Waals surface area (Å²) in [5.74, 6) is 0.660. The van der Waals surface area contributed by atoms with Gasteiger partial charge in [-0.1, -0.05) is 18.2 Å². The van der Waals surface area contributed by atoms with E-state index in [4.69, 9.17) is 0 Å². The van der Waals surface area contributed by atoms with Gasteiger partial charge >= 0.3 is 6.03 Å². The van der Waals surface area contributed by atoms with Crippen LogP contribution in [0.2, 0.25) is 0 Å². The molecule has 0 spiro atoms. The predicted molar refractivity (Wildman–Crippen MR) is 89.7 cm³/mol. The first kappa shape index (κ1) is 15.5. The number of nitro benzene ring substituents is 1. The van der Waals surface area contributed by atoms with E-state index in [1.807, 2.05) is 24.3 Å². The molecule has 0 fully saturated rings. The molecular formula is C16H15N5O3. The quantitative estimate of drug-likeness (QED) is 0.568. The van der Waals surface area contributed by atoms with Crippen LogP contribution in [0.5, 0.6) is 0 Å². The number of fused-ring (bicyclic) bond motifs is 1. The fourth-order valence-electron chi connectivity index (χ4n) is 2.29. The normalized spacial score (nSPS) is 10.5. The minimum atomic E-state index is -0.506. The highest BCUT2D eigenvalue weighted by molar-refractivity contribution is 5.89. The summed E-state index contributed by atoms with van der Waals surface area (Å²) >= 11 is 0. The fourth-order valence-corrected chi connectivity index (χ4v) is 2.29. The van der Waals surface area contributed by atoms with Crippen molar-refractivity contribution in [1.29, 1.82) is 0 Å². The van der Waals surface area contributed by atoms with Gasteiger partial charge in [-0.05, 0) is 18.2 Å². The second-order valence-electron chi connectivity index (χ2n) is 5.29. The molecule has 0 atom stereocenters. The number of nitrogens with zero attached hydrogens (tertiary/aromatic N) is 3. The number of carbonyl (C=O) groups is 1. The molecule has 0 aliphatic rings. The Bertz CT molecular complexity index is 872. The number of aromatic amines is 1. The molecule has 1 heterocycles. The number of rotatable bonds is 4. The second-order valence-corrected chi connectivity index (χ2v) is 5.29. The number of para-hydroxylation sites is 2. The summed E-state index contributed by atoms with van der Waals surface area (Å²) < 4.78 is 0. The smallest absolute Gasteiger partial charge is 0.321 e. The van der Waals surface area contributed by atoms with Crippen molar-refractivity contribution in [2.75, 3.05) is 12.4 Å². The van der Waals surface area contributed by atoms with Gasteiger partial charge in [-0.25, -0.2) is 9.78 Å². The molecule has 0 saturated heterocycles. The minimum absolute atomic E-state index is 0.0762. The Morgan fingerprint density at radius 3 is 2.83 bits per heavy atom. The molecule has 0 radical (unpaired) electrons. The van der Waals surface area contributed by atoms with Crippen LogP contribution in [-0.4, -0.2) is 32.9 Å². The lowest BCUT2D eigenvalue weighted by Gasteiger charge is -2.16. The number of hydrogen-bond acceptors (Lipinski definition) is 4. The Labute approximate surface area is 137 Å². The van der Waals surface area contributed by atoms with Crippen LogP contribution in [0.25, 0.3) is 11.0 Å². The third-order valence-corrected chi connectivity index (χ3v) is 3.48. The summed E-state index contributed by atoms with van der Waals surface area (Å²) in [6.07, 6.45) is 0. The summed E-state index contributed by atoms with van der Waals surface area (Å²) in [4.78, 5) is 31.5. The van der Waals surface area contributed by atoms with E-state index in [1.54, 1.807) is 13.1 Å². The predicted octanol–water partition coefficient (Wildman–Crippen LogP) is 3.14. The largest absolute Gasteiger partial charge is 0.340 e. The minimum Gasteiger partial charge on any atom is -0.340 e. The van der Waals surface area contributed by atoms with Gasteiger partial charge in [0.15, 0.2) is 0 Å². The van der Waals surface area contributed by atoms with Crippen LogP contribution in [0, 0.1) is 10.1 Å². The number of urea groups is 1. The SMILES string of the molecule is CN(Cc1nc2ccccc2[nH]1)C(=O)Nc1cccc([N+](=O)[O-])c1. The molecular weight excluding hydrogens is 310 g/mol. The zero-order chi connectivity index (χ0) is 17.1. The Morgan fingerprint density at radius 1 is 1.29 bits per heavy atom. The molecule has 0 bridgehead atoms. The van der Waals surface area contributed by atoms with E-state index in [1.165, 1.54) is 23.1 Å². The highest BCUT2D eigenvalue weighted by atomic mass is 16.6. The maximum Gasteiger partial charge on any atom is 0.321 e. The number of aromatic nitrogens is 2. The average molecular weight is 325 g/mol. The third-order valence-electron chi connectivity index (χ3n) is 3.48. The van der Waals surface area contributed by atoms with Crippen molar-refractivity contribution in [3.05, 3.63) is 64.5 Å². The maximum atomic E-state index is 12.2. The molecule has 8 nitrogen and oxygen atoms in total. The van der Waals surface area contributed by atoms with Gasteiger partial charge in [0.05, 0.1) is 22.5 Å². The van der Waals surface area contributed by atoms with Crippen LogP contribution >= 0.6 is 0 Å². The number of H-pyrrole nitrogens is 1. The molecule has 8 heteroatoms. The van der Waals surface area contributed by atoms with Crippen molar-refractivity contribution >= 4 is 28.4 Å². The molecule has 122 valence electrons. The second kappa shape index (κ2) is 6.37.